The van der Waals surface area contributed by atoms with Crippen LogP contribution >= 0.6 is 11.8 Å². The zero-order valence-corrected chi connectivity index (χ0v) is 9.58. The van der Waals surface area contributed by atoms with Crippen molar-refractivity contribution in [1.82, 2.24) is 0 Å². The first-order valence-corrected chi connectivity index (χ1v) is 5.63. The summed E-state index contributed by atoms with van der Waals surface area (Å²) >= 11 is 1.49. The zero-order chi connectivity index (χ0) is 11.4. The summed E-state index contributed by atoms with van der Waals surface area (Å²) < 4.78 is 0. The van der Waals surface area contributed by atoms with E-state index in [4.69, 9.17) is 5.73 Å². The minimum Gasteiger partial charge on any atom is -0.393 e. The maximum atomic E-state index is 10.8. The number of nitro benzene ring substituents is 1. The lowest BCUT2D eigenvalue weighted by Gasteiger charge is -2.09. The summed E-state index contributed by atoms with van der Waals surface area (Å²) in [6.07, 6.45) is 0.969. The maximum Gasteiger partial charge on any atom is 0.305 e. The van der Waals surface area contributed by atoms with Crippen LogP contribution in [0.15, 0.2) is 23.1 Å². The first-order chi connectivity index (χ1) is 7.06. The molecule has 0 heterocycles. The standard InChI is InChI=1S/C10H14N2O2S/c1-3-7(2)15-9-6-4-5-8(11)10(9)12(13)14/h4-7H,3,11H2,1-2H3. The molecule has 5 heteroatoms. The Balaban J connectivity index is 3.06. The third-order valence-corrected chi connectivity index (χ3v) is 3.43. The van der Waals surface area contributed by atoms with E-state index in [0.29, 0.717) is 10.1 Å². The molecule has 0 amide bonds. The van der Waals surface area contributed by atoms with Crippen molar-refractivity contribution in [2.45, 2.75) is 30.4 Å². The van der Waals surface area contributed by atoms with Gasteiger partial charge in [-0.05, 0) is 18.6 Å². The smallest absolute Gasteiger partial charge is 0.305 e. The molecule has 4 nitrogen and oxygen atoms in total. The Labute approximate surface area is 93.0 Å². The van der Waals surface area contributed by atoms with Gasteiger partial charge in [-0.15, -0.1) is 11.8 Å². The highest BCUT2D eigenvalue weighted by Gasteiger charge is 2.19. The number of nitrogen functional groups attached to an aromatic ring is 1. The fraction of sp³-hybridized carbons (Fsp3) is 0.400. The molecule has 1 aromatic rings. The number of nitro groups is 1. The molecule has 0 bridgehead atoms. The second kappa shape index (κ2) is 5.02. The second-order valence-electron chi connectivity index (χ2n) is 3.29. The van der Waals surface area contributed by atoms with Crippen molar-refractivity contribution in [2.24, 2.45) is 0 Å². The van der Waals surface area contributed by atoms with Gasteiger partial charge >= 0.3 is 5.69 Å². The molecule has 1 aromatic carbocycles. The Morgan fingerprint density at radius 3 is 2.80 bits per heavy atom. The summed E-state index contributed by atoms with van der Waals surface area (Å²) in [6.45, 7) is 4.09. The first kappa shape index (κ1) is 11.8. The van der Waals surface area contributed by atoms with Crippen LogP contribution in [-0.2, 0) is 0 Å². The molecular formula is C10H14N2O2S. The van der Waals surface area contributed by atoms with Crippen molar-refractivity contribution in [2.75, 3.05) is 5.73 Å². The van der Waals surface area contributed by atoms with Crippen LogP contribution < -0.4 is 5.73 Å². The van der Waals surface area contributed by atoms with E-state index < -0.39 is 4.92 Å². The van der Waals surface area contributed by atoms with Crippen molar-refractivity contribution < 1.29 is 4.92 Å². The number of benzene rings is 1. The van der Waals surface area contributed by atoms with E-state index in [1.807, 2.05) is 6.92 Å². The number of nitrogens with two attached hydrogens (primary N) is 1. The van der Waals surface area contributed by atoms with Crippen LogP contribution in [0, 0.1) is 10.1 Å². The Hall–Kier alpha value is -1.23. The second-order valence-corrected chi connectivity index (χ2v) is 4.77. The lowest BCUT2D eigenvalue weighted by molar-refractivity contribution is -0.386. The fourth-order valence-corrected chi connectivity index (χ4v) is 2.19. The Bertz CT molecular complexity index is 368. The SMILES string of the molecule is CCC(C)Sc1cccc(N)c1[N+](=O)[O-]. The van der Waals surface area contributed by atoms with Crippen LogP contribution in [0.3, 0.4) is 0 Å². The number of rotatable bonds is 4. The number of hydrogen-bond acceptors (Lipinski definition) is 4. The molecule has 0 aliphatic carbocycles. The molecule has 0 spiro atoms. The molecule has 15 heavy (non-hydrogen) atoms. The number of hydrogen-bond donors (Lipinski definition) is 1. The highest BCUT2D eigenvalue weighted by molar-refractivity contribution is 8.00. The van der Waals surface area contributed by atoms with E-state index in [1.165, 1.54) is 11.8 Å². The van der Waals surface area contributed by atoms with Gasteiger partial charge in [-0.25, -0.2) is 0 Å². The molecule has 0 radical (unpaired) electrons. The normalized spacial score (nSPS) is 12.4. The maximum absolute atomic E-state index is 10.8. The van der Waals surface area contributed by atoms with Crippen molar-refractivity contribution in [3.05, 3.63) is 28.3 Å². The third-order valence-electron chi connectivity index (χ3n) is 2.12. The van der Waals surface area contributed by atoms with Gasteiger partial charge in [-0.3, -0.25) is 10.1 Å². The molecule has 0 fully saturated rings. The average Bonchev–Trinajstić information content (AvgIpc) is 2.17. The summed E-state index contributed by atoms with van der Waals surface area (Å²) in [6, 6.07) is 5.04. The van der Waals surface area contributed by atoms with E-state index in [9.17, 15) is 10.1 Å². The Kier molecular flexibility index (Phi) is 3.96. The molecular weight excluding hydrogens is 212 g/mol. The van der Waals surface area contributed by atoms with Crippen LogP contribution in [0.5, 0.6) is 0 Å². The molecule has 2 N–H and O–H groups in total. The minimum atomic E-state index is -0.417. The summed E-state index contributed by atoms with van der Waals surface area (Å²) in [5, 5.41) is 11.2. The van der Waals surface area contributed by atoms with Gasteiger partial charge in [0.1, 0.15) is 5.69 Å². The average molecular weight is 226 g/mol. The van der Waals surface area contributed by atoms with Crippen molar-refractivity contribution >= 4 is 23.1 Å². The van der Waals surface area contributed by atoms with Gasteiger partial charge in [-0.1, -0.05) is 19.9 Å². The summed E-state index contributed by atoms with van der Waals surface area (Å²) in [5.74, 6) is 0. The minimum absolute atomic E-state index is 0.0304. The lowest BCUT2D eigenvalue weighted by atomic mass is 10.3. The topological polar surface area (TPSA) is 69.2 Å². The molecule has 82 valence electrons. The summed E-state index contributed by atoms with van der Waals surface area (Å²) in [4.78, 5) is 11.1. The summed E-state index contributed by atoms with van der Waals surface area (Å²) in [5.41, 5.74) is 5.84. The van der Waals surface area contributed by atoms with Gasteiger partial charge in [0.15, 0.2) is 0 Å². The highest BCUT2D eigenvalue weighted by Crippen LogP contribution is 2.36. The van der Waals surface area contributed by atoms with E-state index in [0.717, 1.165) is 6.42 Å². The van der Waals surface area contributed by atoms with Gasteiger partial charge in [-0.2, -0.15) is 0 Å². The third kappa shape index (κ3) is 2.86. The van der Waals surface area contributed by atoms with Crippen LogP contribution in [-0.4, -0.2) is 10.2 Å². The van der Waals surface area contributed by atoms with E-state index in [1.54, 1.807) is 18.2 Å². The monoisotopic (exact) mass is 226 g/mol. The first-order valence-electron chi connectivity index (χ1n) is 4.75. The van der Waals surface area contributed by atoms with Gasteiger partial charge in [0, 0.05) is 5.25 Å². The molecule has 1 rings (SSSR count). The number of nitrogens with zero attached hydrogens (tertiary/aromatic N) is 1. The fourth-order valence-electron chi connectivity index (χ4n) is 1.13. The molecule has 0 aromatic heterocycles. The van der Waals surface area contributed by atoms with Crippen molar-refractivity contribution in [1.29, 1.82) is 0 Å². The van der Waals surface area contributed by atoms with Crippen LogP contribution in [0.1, 0.15) is 20.3 Å². The predicted octanol–water partition coefficient (Wildman–Crippen LogP) is 3.07. The summed E-state index contributed by atoms with van der Waals surface area (Å²) in [7, 11) is 0. The van der Waals surface area contributed by atoms with Crippen LogP contribution in [0.2, 0.25) is 0 Å². The molecule has 1 atom stereocenters. The number of thioether (sulfide) groups is 1. The van der Waals surface area contributed by atoms with Crippen LogP contribution in [0.4, 0.5) is 11.4 Å². The van der Waals surface area contributed by atoms with E-state index in [2.05, 4.69) is 6.92 Å². The van der Waals surface area contributed by atoms with Crippen LogP contribution in [0.25, 0.3) is 0 Å². The molecule has 0 aliphatic heterocycles. The Morgan fingerprint density at radius 1 is 1.60 bits per heavy atom. The largest absolute Gasteiger partial charge is 0.393 e. The molecule has 0 aliphatic rings. The number of anilines is 1. The quantitative estimate of drug-likeness (QED) is 0.371. The van der Waals surface area contributed by atoms with Gasteiger partial charge in [0.2, 0.25) is 0 Å². The van der Waals surface area contributed by atoms with E-state index in [-0.39, 0.29) is 11.4 Å². The molecule has 0 saturated heterocycles. The van der Waals surface area contributed by atoms with E-state index >= 15 is 0 Å². The van der Waals surface area contributed by atoms with Gasteiger partial charge in [0.05, 0.1) is 9.82 Å². The Morgan fingerprint density at radius 2 is 2.27 bits per heavy atom. The highest BCUT2D eigenvalue weighted by atomic mass is 32.2. The molecule has 0 saturated carbocycles. The van der Waals surface area contributed by atoms with Crippen molar-refractivity contribution in [3.8, 4) is 0 Å². The molecule has 1 unspecified atom stereocenters. The van der Waals surface area contributed by atoms with Gasteiger partial charge in [0.25, 0.3) is 0 Å². The lowest BCUT2D eigenvalue weighted by Crippen LogP contribution is -1.99. The zero-order valence-electron chi connectivity index (χ0n) is 8.77. The van der Waals surface area contributed by atoms with Crippen molar-refractivity contribution in [3.63, 3.8) is 0 Å². The predicted molar refractivity (Wildman–Crippen MR) is 63.1 cm³/mol. The van der Waals surface area contributed by atoms with Gasteiger partial charge < -0.3 is 5.73 Å². The number of para-hydroxylation sites is 1.